The molecule has 0 rings (SSSR count). The Morgan fingerprint density at radius 3 is 2.06 bits per heavy atom. The molecule has 1 nitrogen and oxygen atoms in total. The Kier molecular flexibility index (Phi) is 19.7. The molecule has 34 heavy (non-hydrogen) atoms. The Hall–Kier alpha value is -0.300. The van der Waals surface area contributed by atoms with Crippen molar-refractivity contribution in [1.82, 2.24) is 5.32 Å². The van der Waals surface area contributed by atoms with Crippen molar-refractivity contribution < 1.29 is 0 Å². The van der Waals surface area contributed by atoms with E-state index in [1.165, 1.54) is 83.5 Å². The highest BCUT2D eigenvalue weighted by atomic mass is 14.8. The van der Waals surface area contributed by atoms with E-state index in [9.17, 15) is 0 Å². The summed E-state index contributed by atoms with van der Waals surface area (Å²) in [5.41, 5.74) is 0.434. The van der Waals surface area contributed by atoms with Crippen LogP contribution >= 0.6 is 0 Å². The van der Waals surface area contributed by atoms with Gasteiger partial charge in [0.1, 0.15) is 0 Å². The lowest BCUT2D eigenvalue weighted by atomic mass is 9.64. The van der Waals surface area contributed by atoms with Crippen LogP contribution in [0.25, 0.3) is 0 Å². The van der Waals surface area contributed by atoms with Gasteiger partial charge in [0.25, 0.3) is 0 Å². The first-order valence-electron chi connectivity index (χ1n) is 15.4. The third-order valence-electron chi connectivity index (χ3n) is 9.27. The van der Waals surface area contributed by atoms with Crippen LogP contribution in [0.15, 0.2) is 12.2 Å². The van der Waals surface area contributed by atoms with Crippen LogP contribution in [-0.2, 0) is 0 Å². The van der Waals surface area contributed by atoms with Gasteiger partial charge in [-0.1, -0.05) is 113 Å². The summed E-state index contributed by atoms with van der Waals surface area (Å²) in [4.78, 5) is 0. The van der Waals surface area contributed by atoms with Gasteiger partial charge in [0.05, 0.1) is 0 Å². The van der Waals surface area contributed by atoms with Crippen molar-refractivity contribution in [2.24, 2.45) is 40.9 Å². The van der Waals surface area contributed by atoms with Gasteiger partial charge in [-0.25, -0.2) is 0 Å². The van der Waals surface area contributed by atoms with Crippen molar-refractivity contribution in [1.29, 1.82) is 0 Å². The van der Waals surface area contributed by atoms with Crippen molar-refractivity contribution in [3.63, 3.8) is 0 Å². The molecule has 0 aliphatic carbocycles. The van der Waals surface area contributed by atoms with E-state index >= 15 is 0 Å². The molecule has 0 saturated heterocycles. The topological polar surface area (TPSA) is 12.0 Å². The minimum absolute atomic E-state index is 0.434. The summed E-state index contributed by atoms with van der Waals surface area (Å²) >= 11 is 0. The fourth-order valence-electron chi connectivity index (χ4n) is 5.70. The molecule has 0 aromatic heterocycles. The van der Waals surface area contributed by atoms with Crippen LogP contribution in [0.4, 0.5) is 0 Å². The second kappa shape index (κ2) is 19.8. The average Bonchev–Trinajstić information content (AvgIpc) is 2.79. The molecule has 1 heteroatoms. The molecule has 0 saturated carbocycles. The van der Waals surface area contributed by atoms with Gasteiger partial charge in [-0.15, -0.1) is 0 Å². The highest BCUT2D eigenvalue weighted by Crippen LogP contribution is 2.44. The van der Waals surface area contributed by atoms with Gasteiger partial charge in [-0.3, -0.25) is 0 Å². The molecule has 5 atom stereocenters. The largest absolute Gasteiger partial charge is 0.320 e. The Bertz CT molecular complexity index is 477. The zero-order valence-corrected chi connectivity index (χ0v) is 25.5. The molecule has 0 amide bonds. The lowest BCUT2D eigenvalue weighted by Crippen LogP contribution is -2.33. The maximum Gasteiger partial charge on any atom is -0.00492 e. The van der Waals surface area contributed by atoms with E-state index in [0.29, 0.717) is 5.41 Å². The number of hydrogen-bond acceptors (Lipinski definition) is 1. The fraction of sp³-hybridized carbons (Fsp3) is 0.939. The van der Waals surface area contributed by atoms with Gasteiger partial charge in [0.2, 0.25) is 0 Å². The van der Waals surface area contributed by atoms with E-state index in [1.807, 2.05) is 0 Å². The summed E-state index contributed by atoms with van der Waals surface area (Å²) in [6.45, 7) is 23.3. The summed E-state index contributed by atoms with van der Waals surface area (Å²) in [5, 5.41) is 3.39. The van der Waals surface area contributed by atoms with Crippen LogP contribution in [0.2, 0.25) is 0 Å². The Balaban J connectivity index is 4.91. The van der Waals surface area contributed by atoms with Crippen molar-refractivity contribution in [3.8, 4) is 0 Å². The third-order valence-corrected chi connectivity index (χ3v) is 9.27. The first kappa shape index (κ1) is 33.7. The number of allylic oxidation sites excluding steroid dienone is 2. The van der Waals surface area contributed by atoms with Crippen molar-refractivity contribution in [3.05, 3.63) is 12.2 Å². The molecule has 0 radical (unpaired) electrons. The highest BCUT2D eigenvalue weighted by Gasteiger charge is 2.35. The maximum atomic E-state index is 3.39. The van der Waals surface area contributed by atoms with Crippen LogP contribution in [0.5, 0.6) is 0 Å². The monoisotopic (exact) mass is 478 g/mol. The number of unbranched alkanes of at least 4 members (excludes halogenated alkanes) is 4. The molecule has 0 aromatic carbocycles. The SMILES string of the molecule is CCCCC=CC(C)CCCCCC(CCC(CCNC)C(C)C)C(C)(C)C(C)CC(C)CC. The number of hydrogen-bond donors (Lipinski definition) is 1. The van der Waals surface area contributed by atoms with Crippen LogP contribution in [0.1, 0.15) is 146 Å². The summed E-state index contributed by atoms with van der Waals surface area (Å²) in [5.74, 6) is 4.90. The van der Waals surface area contributed by atoms with Crippen LogP contribution in [-0.4, -0.2) is 13.6 Å². The Labute approximate surface area is 217 Å². The highest BCUT2D eigenvalue weighted by molar-refractivity contribution is 4.87. The molecule has 0 aromatic rings. The minimum atomic E-state index is 0.434. The molecule has 0 fully saturated rings. The number of nitrogens with one attached hydrogen (secondary N) is 1. The summed E-state index contributed by atoms with van der Waals surface area (Å²) in [7, 11) is 2.10. The van der Waals surface area contributed by atoms with Crippen molar-refractivity contribution in [2.45, 2.75) is 146 Å². The standard InChI is InChI=1S/C33H67N/c1-11-13-14-16-19-29(6)20-17-15-18-21-32(23-22-31(27(3)4)24-25-34-10)33(8,9)30(7)26-28(5)12-2/h16,19,27-32,34H,11-15,17-18,20-26H2,1-10H3. The molecular formula is C33H67N. The van der Waals surface area contributed by atoms with Crippen LogP contribution in [0.3, 0.4) is 0 Å². The van der Waals surface area contributed by atoms with Gasteiger partial charge in [-0.05, 0) is 99.5 Å². The Morgan fingerprint density at radius 1 is 0.794 bits per heavy atom. The molecule has 1 N–H and O–H groups in total. The zero-order valence-electron chi connectivity index (χ0n) is 25.5. The fourth-order valence-corrected chi connectivity index (χ4v) is 5.70. The molecule has 0 aliphatic rings. The van der Waals surface area contributed by atoms with Gasteiger partial charge >= 0.3 is 0 Å². The lowest BCUT2D eigenvalue weighted by molar-refractivity contribution is 0.0825. The summed E-state index contributed by atoms with van der Waals surface area (Å²) in [6, 6.07) is 0. The molecule has 0 heterocycles. The predicted molar refractivity (Wildman–Crippen MR) is 158 cm³/mol. The van der Waals surface area contributed by atoms with Gasteiger partial charge < -0.3 is 5.32 Å². The van der Waals surface area contributed by atoms with E-state index in [2.05, 4.69) is 86.8 Å². The molecule has 0 spiro atoms. The second-order valence-corrected chi connectivity index (χ2v) is 12.8. The van der Waals surface area contributed by atoms with E-state index in [1.54, 1.807) is 0 Å². The van der Waals surface area contributed by atoms with Gasteiger partial charge in [0.15, 0.2) is 0 Å². The maximum absolute atomic E-state index is 3.39. The predicted octanol–water partition coefficient (Wildman–Crippen LogP) is 10.7. The van der Waals surface area contributed by atoms with Crippen molar-refractivity contribution >= 4 is 0 Å². The normalized spacial score (nSPS) is 17.3. The Morgan fingerprint density at radius 2 is 1.47 bits per heavy atom. The van der Waals surface area contributed by atoms with Crippen molar-refractivity contribution in [2.75, 3.05) is 13.6 Å². The molecule has 5 unspecified atom stereocenters. The number of rotatable bonds is 22. The van der Waals surface area contributed by atoms with Crippen LogP contribution < -0.4 is 5.32 Å². The van der Waals surface area contributed by atoms with E-state index in [-0.39, 0.29) is 0 Å². The molecule has 204 valence electrons. The second-order valence-electron chi connectivity index (χ2n) is 12.8. The summed E-state index contributed by atoms with van der Waals surface area (Å²) < 4.78 is 0. The molecular weight excluding hydrogens is 410 g/mol. The van der Waals surface area contributed by atoms with E-state index in [4.69, 9.17) is 0 Å². The van der Waals surface area contributed by atoms with E-state index in [0.717, 1.165) is 42.1 Å². The first-order chi connectivity index (χ1) is 16.1. The molecule has 0 aliphatic heterocycles. The van der Waals surface area contributed by atoms with E-state index < -0.39 is 0 Å². The first-order valence-corrected chi connectivity index (χ1v) is 15.4. The van der Waals surface area contributed by atoms with Crippen LogP contribution in [0, 0.1) is 40.9 Å². The molecule has 0 bridgehead atoms. The minimum Gasteiger partial charge on any atom is -0.320 e. The zero-order chi connectivity index (χ0) is 26.0. The lowest BCUT2D eigenvalue weighted by Gasteiger charge is -2.42. The third kappa shape index (κ3) is 15.0. The van der Waals surface area contributed by atoms with Gasteiger partial charge in [-0.2, -0.15) is 0 Å². The van der Waals surface area contributed by atoms with Gasteiger partial charge in [0, 0.05) is 0 Å². The smallest absolute Gasteiger partial charge is 0.00492 e. The summed E-state index contributed by atoms with van der Waals surface area (Å²) in [6.07, 6.45) is 22.6. The quantitative estimate of drug-likeness (QED) is 0.121. The average molecular weight is 478 g/mol.